The van der Waals surface area contributed by atoms with Crippen LogP contribution in [-0.2, 0) is 10.0 Å². The molecule has 6 nitrogen and oxygen atoms in total. The molecule has 2 rings (SSSR count). The van der Waals surface area contributed by atoms with E-state index < -0.39 is 22.2 Å². The number of ketones is 1. The second kappa shape index (κ2) is 5.61. The minimum atomic E-state index is -3.81. The fourth-order valence-electron chi connectivity index (χ4n) is 2.11. The van der Waals surface area contributed by atoms with Crippen molar-refractivity contribution in [3.8, 4) is 0 Å². The largest absolute Gasteiger partial charge is 0.389 e. The van der Waals surface area contributed by atoms with Gasteiger partial charge < -0.3 is 10.2 Å². The molecule has 0 bridgehead atoms. The van der Waals surface area contributed by atoms with Crippen molar-refractivity contribution in [3.63, 3.8) is 0 Å². The van der Waals surface area contributed by atoms with Crippen LogP contribution in [0.2, 0.25) is 0 Å². The molecule has 0 aromatic heterocycles. The van der Waals surface area contributed by atoms with Gasteiger partial charge in [-0.05, 0) is 12.1 Å². The number of β-amino-alcohol motifs (C(OH)–C–C–N with tert-alkyl or cyclic N) is 2. The van der Waals surface area contributed by atoms with Crippen molar-refractivity contribution >= 4 is 15.8 Å². The van der Waals surface area contributed by atoms with Crippen molar-refractivity contribution in [1.29, 1.82) is 0 Å². The summed E-state index contributed by atoms with van der Waals surface area (Å²) in [7, 11) is -3.81. The van der Waals surface area contributed by atoms with Gasteiger partial charge in [-0.1, -0.05) is 19.1 Å². The fourth-order valence-corrected chi connectivity index (χ4v) is 3.64. The third kappa shape index (κ3) is 2.76. The van der Waals surface area contributed by atoms with E-state index in [-0.39, 0.29) is 23.8 Å². The Morgan fingerprint density at radius 2 is 1.90 bits per heavy atom. The first-order chi connectivity index (χ1) is 9.36. The molecule has 1 saturated heterocycles. The van der Waals surface area contributed by atoms with E-state index in [4.69, 9.17) is 0 Å². The number of carbonyl (C=O) groups excluding carboxylic acids is 1. The number of Topliss-reactive ketones (excluding diaryl/α,β-unsaturated/α-hetero) is 1. The van der Waals surface area contributed by atoms with Gasteiger partial charge in [0.25, 0.3) is 0 Å². The minimum absolute atomic E-state index is 0.00176. The summed E-state index contributed by atoms with van der Waals surface area (Å²) in [5.41, 5.74) is 0.342. The highest BCUT2D eigenvalue weighted by Gasteiger charge is 2.37. The molecule has 2 unspecified atom stereocenters. The van der Waals surface area contributed by atoms with Crippen LogP contribution in [0.25, 0.3) is 0 Å². The molecule has 2 atom stereocenters. The average molecular weight is 299 g/mol. The van der Waals surface area contributed by atoms with E-state index >= 15 is 0 Å². The Hall–Kier alpha value is -1.28. The van der Waals surface area contributed by atoms with Crippen molar-refractivity contribution in [1.82, 2.24) is 4.31 Å². The molecule has 1 aromatic carbocycles. The number of hydrogen-bond donors (Lipinski definition) is 2. The number of sulfonamides is 1. The Morgan fingerprint density at radius 1 is 1.30 bits per heavy atom. The minimum Gasteiger partial charge on any atom is -0.389 e. The van der Waals surface area contributed by atoms with Gasteiger partial charge in [0.05, 0.1) is 17.1 Å². The summed E-state index contributed by atoms with van der Waals surface area (Å²) < 4.78 is 25.8. The fraction of sp³-hybridized carbons (Fsp3) is 0.462. The van der Waals surface area contributed by atoms with Crippen molar-refractivity contribution in [3.05, 3.63) is 29.8 Å². The number of hydrogen-bond acceptors (Lipinski definition) is 5. The van der Waals surface area contributed by atoms with Gasteiger partial charge in [0.1, 0.15) is 0 Å². The van der Waals surface area contributed by atoms with E-state index in [1.54, 1.807) is 13.0 Å². The highest BCUT2D eigenvalue weighted by atomic mass is 32.2. The van der Waals surface area contributed by atoms with Crippen LogP contribution in [0.1, 0.15) is 23.7 Å². The molecule has 1 aromatic rings. The first-order valence-corrected chi connectivity index (χ1v) is 7.79. The molecule has 2 N–H and O–H groups in total. The monoisotopic (exact) mass is 299 g/mol. The molecule has 1 aliphatic heterocycles. The van der Waals surface area contributed by atoms with Gasteiger partial charge in [0, 0.05) is 25.1 Å². The van der Waals surface area contributed by atoms with Crippen molar-refractivity contribution in [2.45, 2.75) is 30.4 Å². The van der Waals surface area contributed by atoms with Crippen LogP contribution in [0.4, 0.5) is 0 Å². The maximum atomic E-state index is 12.4. The van der Waals surface area contributed by atoms with Crippen LogP contribution < -0.4 is 0 Å². The maximum Gasteiger partial charge on any atom is 0.243 e. The zero-order valence-corrected chi connectivity index (χ0v) is 11.9. The third-order valence-electron chi connectivity index (χ3n) is 3.34. The Balaban J connectivity index is 2.33. The van der Waals surface area contributed by atoms with Gasteiger partial charge in [0.15, 0.2) is 5.78 Å². The summed E-state index contributed by atoms with van der Waals surface area (Å²) in [5, 5.41) is 18.9. The van der Waals surface area contributed by atoms with Gasteiger partial charge in [-0.15, -0.1) is 0 Å². The quantitative estimate of drug-likeness (QED) is 0.763. The Labute approximate surface area is 117 Å². The molecule has 20 heavy (non-hydrogen) atoms. The summed E-state index contributed by atoms with van der Waals surface area (Å²) in [5.74, 6) is -0.136. The van der Waals surface area contributed by atoms with Crippen LogP contribution >= 0.6 is 0 Å². The molecule has 1 fully saturated rings. The molecule has 7 heteroatoms. The number of carbonyl (C=O) groups is 1. The van der Waals surface area contributed by atoms with E-state index in [1.165, 1.54) is 18.2 Å². The summed E-state index contributed by atoms with van der Waals surface area (Å²) >= 11 is 0. The van der Waals surface area contributed by atoms with Gasteiger partial charge in [-0.2, -0.15) is 4.31 Å². The summed E-state index contributed by atoms with van der Waals surface area (Å²) in [6.07, 6.45) is -1.86. The molecule has 0 spiro atoms. The van der Waals surface area contributed by atoms with Crippen LogP contribution in [0.5, 0.6) is 0 Å². The average Bonchev–Trinajstić information content (AvgIpc) is 2.78. The smallest absolute Gasteiger partial charge is 0.243 e. The first kappa shape index (κ1) is 15.1. The van der Waals surface area contributed by atoms with E-state index in [0.29, 0.717) is 12.0 Å². The molecule has 110 valence electrons. The normalized spacial score (nSPS) is 23.9. The predicted molar refractivity (Wildman–Crippen MR) is 71.8 cm³/mol. The number of aliphatic hydroxyl groups excluding tert-OH is 2. The summed E-state index contributed by atoms with van der Waals surface area (Å²) in [4.78, 5) is 11.6. The first-order valence-electron chi connectivity index (χ1n) is 6.35. The topological polar surface area (TPSA) is 94.9 Å². The molecule has 0 saturated carbocycles. The van der Waals surface area contributed by atoms with Gasteiger partial charge in [0.2, 0.25) is 10.0 Å². The van der Waals surface area contributed by atoms with E-state index in [1.807, 2.05) is 0 Å². The Bertz CT molecular complexity index is 603. The number of nitrogens with zero attached hydrogens (tertiary/aromatic N) is 1. The summed E-state index contributed by atoms with van der Waals surface area (Å²) in [6.45, 7) is 1.42. The van der Waals surface area contributed by atoms with E-state index in [0.717, 1.165) is 4.31 Å². The lowest BCUT2D eigenvalue weighted by atomic mass is 10.1. The third-order valence-corrected chi connectivity index (χ3v) is 5.17. The molecule has 0 aliphatic carbocycles. The lowest BCUT2D eigenvalue weighted by Crippen LogP contribution is -2.30. The van der Waals surface area contributed by atoms with Crippen molar-refractivity contribution < 1.29 is 23.4 Å². The lowest BCUT2D eigenvalue weighted by Gasteiger charge is -2.16. The standard InChI is InChI=1S/C13H17NO5S/c1-2-11(15)9-4-3-5-10(6-9)20(18,19)14-7-12(16)13(17)8-14/h3-6,12-13,16-17H,2,7-8H2,1H3. The van der Waals surface area contributed by atoms with E-state index in [2.05, 4.69) is 0 Å². The highest BCUT2D eigenvalue weighted by Crippen LogP contribution is 2.22. The zero-order valence-electron chi connectivity index (χ0n) is 11.1. The number of rotatable bonds is 4. The highest BCUT2D eigenvalue weighted by molar-refractivity contribution is 7.89. The van der Waals surface area contributed by atoms with Gasteiger partial charge >= 0.3 is 0 Å². The van der Waals surface area contributed by atoms with E-state index in [9.17, 15) is 23.4 Å². The predicted octanol–water partition coefficient (Wildman–Crippen LogP) is 0.00540. The SMILES string of the molecule is CCC(=O)c1cccc(S(=O)(=O)N2CC(O)C(O)C2)c1. The van der Waals surface area contributed by atoms with Crippen LogP contribution in [0.15, 0.2) is 29.2 Å². The molecular formula is C13H17NO5S. The van der Waals surface area contributed by atoms with Crippen molar-refractivity contribution in [2.75, 3.05) is 13.1 Å². The second-order valence-corrected chi connectivity index (χ2v) is 6.70. The summed E-state index contributed by atoms with van der Waals surface area (Å²) in [6, 6.07) is 5.81. The lowest BCUT2D eigenvalue weighted by molar-refractivity contribution is 0.0572. The Kier molecular flexibility index (Phi) is 4.24. The second-order valence-electron chi connectivity index (χ2n) is 4.76. The van der Waals surface area contributed by atoms with Crippen LogP contribution in [0.3, 0.4) is 0 Å². The van der Waals surface area contributed by atoms with Crippen LogP contribution in [-0.4, -0.2) is 54.0 Å². The number of aliphatic hydroxyl groups is 2. The molecule has 0 amide bonds. The van der Waals surface area contributed by atoms with Gasteiger partial charge in [-0.3, -0.25) is 4.79 Å². The zero-order chi connectivity index (χ0) is 14.9. The molecular weight excluding hydrogens is 282 g/mol. The number of benzene rings is 1. The Morgan fingerprint density at radius 3 is 2.45 bits per heavy atom. The van der Waals surface area contributed by atoms with Crippen molar-refractivity contribution in [2.24, 2.45) is 0 Å². The maximum absolute atomic E-state index is 12.4. The molecule has 0 radical (unpaired) electrons. The molecule has 1 aliphatic rings. The van der Waals surface area contributed by atoms with Gasteiger partial charge in [-0.25, -0.2) is 8.42 Å². The molecule has 1 heterocycles. The van der Waals surface area contributed by atoms with Crippen LogP contribution in [0, 0.1) is 0 Å².